The van der Waals surface area contributed by atoms with E-state index in [0.29, 0.717) is 25.2 Å². The van der Waals surface area contributed by atoms with E-state index in [1.807, 2.05) is 35.0 Å². The van der Waals surface area contributed by atoms with Gasteiger partial charge in [0, 0.05) is 18.5 Å². The summed E-state index contributed by atoms with van der Waals surface area (Å²) in [6.07, 6.45) is 1.09. The van der Waals surface area contributed by atoms with E-state index in [-0.39, 0.29) is 18.3 Å². The van der Waals surface area contributed by atoms with Crippen LogP contribution >= 0.6 is 12.4 Å². The Hall–Kier alpha value is -1.88. The third-order valence-corrected chi connectivity index (χ3v) is 3.25. The van der Waals surface area contributed by atoms with Gasteiger partial charge < -0.3 is 5.11 Å². The molecule has 1 aliphatic rings. The summed E-state index contributed by atoms with van der Waals surface area (Å²) >= 11 is 0. The lowest BCUT2D eigenvalue weighted by molar-refractivity contribution is -0.142. The fourth-order valence-corrected chi connectivity index (χ4v) is 2.23. The van der Waals surface area contributed by atoms with Gasteiger partial charge >= 0.3 is 5.97 Å². The number of aryl methyl sites for hydroxylation is 1. The van der Waals surface area contributed by atoms with E-state index in [1.54, 1.807) is 0 Å². The van der Waals surface area contributed by atoms with Crippen molar-refractivity contribution in [2.75, 3.05) is 0 Å². The van der Waals surface area contributed by atoms with E-state index in [4.69, 9.17) is 5.11 Å². The molecule has 0 saturated carbocycles. The zero-order chi connectivity index (χ0) is 12.5. The van der Waals surface area contributed by atoms with E-state index in [0.717, 1.165) is 11.4 Å². The van der Waals surface area contributed by atoms with Crippen LogP contribution in [0.5, 0.6) is 0 Å². The van der Waals surface area contributed by atoms with Crippen LogP contribution in [0.3, 0.4) is 0 Å². The first-order chi connectivity index (χ1) is 8.74. The molecule has 5 nitrogen and oxygen atoms in total. The van der Waals surface area contributed by atoms with E-state index in [2.05, 4.69) is 10.1 Å². The lowest BCUT2D eigenvalue weighted by atomic mass is 9.98. The maximum atomic E-state index is 11.0. The van der Waals surface area contributed by atoms with Crippen LogP contribution < -0.4 is 0 Å². The summed E-state index contributed by atoms with van der Waals surface area (Å²) in [4.78, 5) is 15.4. The maximum absolute atomic E-state index is 11.0. The second-order valence-corrected chi connectivity index (χ2v) is 4.47. The van der Waals surface area contributed by atoms with Crippen LogP contribution in [0.25, 0.3) is 11.4 Å². The molecule has 0 radical (unpaired) electrons. The highest BCUT2D eigenvalue weighted by molar-refractivity contribution is 5.85. The van der Waals surface area contributed by atoms with E-state index in [1.165, 1.54) is 0 Å². The maximum Gasteiger partial charge on any atom is 0.307 e. The van der Waals surface area contributed by atoms with Crippen molar-refractivity contribution in [3.8, 4) is 11.4 Å². The largest absolute Gasteiger partial charge is 0.481 e. The number of aliphatic carboxylic acids is 1. The zero-order valence-electron chi connectivity index (χ0n) is 10.2. The number of carboxylic acid groups (broad SMARTS) is 1. The van der Waals surface area contributed by atoms with Crippen molar-refractivity contribution in [3.05, 3.63) is 36.2 Å². The molecule has 1 atom stereocenters. The van der Waals surface area contributed by atoms with Crippen LogP contribution in [-0.2, 0) is 17.8 Å². The normalized spacial score (nSPS) is 17.4. The molecule has 1 aromatic carbocycles. The summed E-state index contributed by atoms with van der Waals surface area (Å²) < 4.78 is 1.82. The summed E-state index contributed by atoms with van der Waals surface area (Å²) in [7, 11) is 0. The Morgan fingerprint density at radius 1 is 1.32 bits per heavy atom. The predicted molar refractivity (Wildman–Crippen MR) is 72.2 cm³/mol. The topological polar surface area (TPSA) is 68.0 Å². The molecule has 0 amide bonds. The van der Waals surface area contributed by atoms with Gasteiger partial charge in [0.15, 0.2) is 5.82 Å². The Bertz CT molecular complexity index is 583. The Labute approximate surface area is 116 Å². The summed E-state index contributed by atoms with van der Waals surface area (Å²) in [5.74, 6) is 0.375. The van der Waals surface area contributed by atoms with Crippen molar-refractivity contribution < 1.29 is 9.90 Å². The standard InChI is InChI=1S/C13H13N3O2.ClH/c17-13(18)10-6-7-16-11(8-10)14-12(15-16)9-4-2-1-3-5-9;/h1-5,10H,6-8H2,(H,17,18);1H. The van der Waals surface area contributed by atoms with Gasteiger partial charge in [-0.25, -0.2) is 9.67 Å². The molecule has 0 fully saturated rings. The smallest absolute Gasteiger partial charge is 0.307 e. The number of nitrogens with zero attached hydrogens (tertiary/aromatic N) is 3. The van der Waals surface area contributed by atoms with Crippen molar-refractivity contribution in [1.29, 1.82) is 0 Å². The minimum absolute atomic E-state index is 0. The Morgan fingerprint density at radius 2 is 2.05 bits per heavy atom. The molecule has 2 heterocycles. The Kier molecular flexibility index (Phi) is 3.85. The van der Waals surface area contributed by atoms with Crippen LogP contribution in [0.15, 0.2) is 30.3 Å². The van der Waals surface area contributed by atoms with Gasteiger partial charge in [-0.1, -0.05) is 30.3 Å². The number of carbonyl (C=O) groups is 1. The predicted octanol–water partition coefficient (Wildman–Crippen LogP) is 2.01. The van der Waals surface area contributed by atoms with Crippen LogP contribution in [0.1, 0.15) is 12.2 Å². The number of fused-ring (bicyclic) bond motifs is 1. The number of halogens is 1. The van der Waals surface area contributed by atoms with Crippen LogP contribution in [-0.4, -0.2) is 25.8 Å². The fourth-order valence-electron chi connectivity index (χ4n) is 2.23. The summed E-state index contributed by atoms with van der Waals surface area (Å²) in [6.45, 7) is 0.631. The van der Waals surface area contributed by atoms with Crippen LogP contribution in [0.4, 0.5) is 0 Å². The number of benzene rings is 1. The monoisotopic (exact) mass is 279 g/mol. The third kappa shape index (κ3) is 2.61. The second-order valence-electron chi connectivity index (χ2n) is 4.47. The highest BCUT2D eigenvalue weighted by atomic mass is 35.5. The minimum atomic E-state index is -0.745. The molecule has 0 aliphatic carbocycles. The quantitative estimate of drug-likeness (QED) is 0.913. The van der Waals surface area contributed by atoms with E-state index >= 15 is 0 Å². The molecular formula is C13H14ClN3O2. The zero-order valence-corrected chi connectivity index (χ0v) is 11.0. The van der Waals surface area contributed by atoms with Gasteiger partial charge in [-0.05, 0) is 6.42 Å². The van der Waals surface area contributed by atoms with E-state index < -0.39 is 5.97 Å². The van der Waals surface area contributed by atoms with Crippen molar-refractivity contribution in [2.24, 2.45) is 5.92 Å². The van der Waals surface area contributed by atoms with Gasteiger partial charge in [-0.3, -0.25) is 4.79 Å². The number of carboxylic acids is 1. The molecule has 1 aliphatic heterocycles. The Balaban J connectivity index is 0.00000133. The molecule has 2 aromatic rings. The molecule has 1 aromatic heterocycles. The second kappa shape index (κ2) is 5.40. The van der Waals surface area contributed by atoms with Crippen LogP contribution in [0.2, 0.25) is 0 Å². The SMILES string of the molecule is Cl.O=C(O)C1CCn2nc(-c3ccccc3)nc2C1. The van der Waals surface area contributed by atoms with Gasteiger partial charge in [0.1, 0.15) is 5.82 Å². The lowest BCUT2D eigenvalue weighted by Crippen LogP contribution is -2.26. The number of hydrogen-bond acceptors (Lipinski definition) is 3. The van der Waals surface area contributed by atoms with Gasteiger partial charge in [0.25, 0.3) is 0 Å². The molecule has 0 spiro atoms. The first kappa shape index (κ1) is 13.5. The lowest BCUT2D eigenvalue weighted by Gasteiger charge is -2.17. The molecule has 1 unspecified atom stereocenters. The fraction of sp³-hybridized carbons (Fsp3) is 0.308. The third-order valence-electron chi connectivity index (χ3n) is 3.25. The molecule has 100 valence electrons. The molecule has 0 bridgehead atoms. The molecule has 6 heteroatoms. The van der Waals surface area contributed by atoms with Gasteiger partial charge in [0.2, 0.25) is 0 Å². The molecule has 0 saturated heterocycles. The summed E-state index contributed by atoms with van der Waals surface area (Å²) in [5, 5.41) is 13.5. The minimum Gasteiger partial charge on any atom is -0.481 e. The van der Waals surface area contributed by atoms with E-state index in [9.17, 15) is 4.79 Å². The average molecular weight is 280 g/mol. The first-order valence-electron chi connectivity index (χ1n) is 5.96. The average Bonchev–Trinajstić information content (AvgIpc) is 2.82. The summed E-state index contributed by atoms with van der Waals surface area (Å²) in [5.41, 5.74) is 0.964. The first-order valence-corrected chi connectivity index (χ1v) is 5.96. The molecule has 19 heavy (non-hydrogen) atoms. The molecule has 1 N–H and O–H groups in total. The van der Waals surface area contributed by atoms with Crippen LogP contribution in [0, 0.1) is 5.92 Å². The summed E-state index contributed by atoms with van der Waals surface area (Å²) in [6, 6.07) is 9.73. The highest BCUT2D eigenvalue weighted by Gasteiger charge is 2.26. The van der Waals surface area contributed by atoms with Crippen molar-refractivity contribution >= 4 is 18.4 Å². The van der Waals surface area contributed by atoms with Gasteiger partial charge in [-0.2, -0.15) is 5.10 Å². The highest BCUT2D eigenvalue weighted by Crippen LogP contribution is 2.22. The number of hydrogen-bond donors (Lipinski definition) is 1. The van der Waals surface area contributed by atoms with Gasteiger partial charge in [-0.15, -0.1) is 12.4 Å². The van der Waals surface area contributed by atoms with Crippen molar-refractivity contribution in [3.63, 3.8) is 0 Å². The Morgan fingerprint density at radius 3 is 2.74 bits per heavy atom. The molecule has 3 rings (SSSR count). The molecular weight excluding hydrogens is 266 g/mol. The van der Waals surface area contributed by atoms with Crippen molar-refractivity contribution in [2.45, 2.75) is 19.4 Å². The van der Waals surface area contributed by atoms with Gasteiger partial charge in [0.05, 0.1) is 5.92 Å². The van der Waals surface area contributed by atoms with Crippen molar-refractivity contribution in [1.82, 2.24) is 14.8 Å². The number of aromatic nitrogens is 3. The number of rotatable bonds is 2.